The number of piperidine rings is 1. The lowest BCUT2D eigenvalue weighted by Gasteiger charge is -2.43. The molecular weight excluding hydrogens is 601 g/mol. The Morgan fingerprint density at radius 1 is 1.05 bits per heavy atom. The number of likely N-dealkylation sites (N-methyl/N-ethyl adjacent to an activating group) is 1. The van der Waals surface area contributed by atoms with Gasteiger partial charge >= 0.3 is 0 Å². The van der Waals surface area contributed by atoms with Gasteiger partial charge in [-0.2, -0.15) is 4.98 Å². The summed E-state index contributed by atoms with van der Waals surface area (Å²) >= 11 is 3.49. The van der Waals surface area contributed by atoms with Crippen molar-refractivity contribution in [2.24, 2.45) is 0 Å². The quantitative estimate of drug-likeness (QED) is 0.290. The lowest BCUT2D eigenvalue weighted by molar-refractivity contribution is 0.0754. The topological polar surface area (TPSA) is 89.0 Å². The third-order valence-corrected chi connectivity index (χ3v) is 8.83. The first-order chi connectivity index (χ1) is 20.0. The van der Waals surface area contributed by atoms with Gasteiger partial charge in [0.25, 0.3) is 0 Å². The van der Waals surface area contributed by atoms with E-state index < -0.39 is 11.4 Å². The van der Waals surface area contributed by atoms with Crippen LogP contribution in [0.1, 0.15) is 37.8 Å². The molecule has 2 aromatic carbocycles. The molecule has 3 heterocycles. The Bertz CT molecular complexity index is 1400. The summed E-state index contributed by atoms with van der Waals surface area (Å²) in [5, 5.41) is 17.0. The maximum atomic E-state index is 14.6. The molecule has 2 aliphatic heterocycles. The molecule has 0 bridgehead atoms. The highest BCUT2D eigenvalue weighted by Gasteiger charge is 2.28. The Balaban J connectivity index is 1.32. The van der Waals surface area contributed by atoms with Crippen LogP contribution in [-0.2, 0) is 5.60 Å². The molecule has 3 N–H and O–H groups in total. The Labute approximate surface area is 256 Å². The van der Waals surface area contributed by atoms with Gasteiger partial charge in [-0.05, 0) is 80.4 Å². The molecule has 1 aromatic heterocycles. The molecule has 3 aromatic rings. The van der Waals surface area contributed by atoms with Gasteiger partial charge in [0.05, 0.1) is 22.9 Å². The van der Waals surface area contributed by atoms with Crippen LogP contribution in [0.15, 0.2) is 41.0 Å². The third kappa shape index (κ3) is 6.80. The van der Waals surface area contributed by atoms with Crippen molar-refractivity contribution in [2.75, 3.05) is 69.0 Å². The molecule has 0 radical (unpaired) electrons. The van der Waals surface area contributed by atoms with Crippen LogP contribution in [0.3, 0.4) is 0 Å². The number of anilines is 5. The molecule has 2 aliphatic rings. The summed E-state index contributed by atoms with van der Waals surface area (Å²) in [5.41, 5.74) is 2.26. The van der Waals surface area contributed by atoms with E-state index in [-0.39, 0.29) is 5.56 Å². The van der Waals surface area contributed by atoms with Crippen molar-refractivity contribution in [3.63, 3.8) is 0 Å². The molecule has 0 aliphatic carbocycles. The largest absolute Gasteiger partial charge is 0.494 e. The fourth-order valence-corrected chi connectivity index (χ4v) is 6.25. The number of nitrogens with one attached hydrogen (secondary N) is 2. The summed E-state index contributed by atoms with van der Waals surface area (Å²) < 4.78 is 21.0. The van der Waals surface area contributed by atoms with E-state index in [9.17, 15) is 9.50 Å². The number of aliphatic hydroxyl groups is 1. The van der Waals surface area contributed by atoms with Gasteiger partial charge in [-0.3, -0.25) is 4.90 Å². The van der Waals surface area contributed by atoms with Crippen molar-refractivity contribution in [3.8, 4) is 5.75 Å². The van der Waals surface area contributed by atoms with Crippen molar-refractivity contribution in [2.45, 2.75) is 45.3 Å². The zero-order valence-corrected chi connectivity index (χ0v) is 26.6. The van der Waals surface area contributed by atoms with E-state index in [1.807, 2.05) is 0 Å². The van der Waals surface area contributed by atoms with Crippen molar-refractivity contribution in [1.82, 2.24) is 19.8 Å². The monoisotopic (exact) mass is 641 g/mol. The highest BCUT2D eigenvalue weighted by Crippen LogP contribution is 2.37. The van der Waals surface area contributed by atoms with Gasteiger partial charge in [-0.1, -0.05) is 6.07 Å². The van der Waals surface area contributed by atoms with Gasteiger partial charge in [0.15, 0.2) is 0 Å². The van der Waals surface area contributed by atoms with Crippen LogP contribution >= 0.6 is 15.9 Å². The van der Waals surface area contributed by atoms with E-state index >= 15 is 0 Å². The highest BCUT2D eigenvalue weighted by atomic mass is 79.9. The van der Waals surface area contributed by atoms with Crippen LogP contribution in [0, 0.1) is 12.7 Å². The summed E-state index contributed by atoms with van der Waals surface area (Å²) in [6.45, 7) is 11.9. The van der Waals surface area contributed by atoms with Gasteiger partial charge in [0, 0.05) is 74.5 Å². The van der Waals surface area contributed by atoms with E-state index in [1.165, 1.54) is 11.8 Å². The van der Waals surface area contributed by atoms with Crippen LogP contribution in [0.2, 0.25) is 0 Å². The maximum Gasteiger partial charge on any atom is 0.229 e. The number of aromatic nitrogens is 2. The van der Waals surface area contributed by atoms with Gasteiger partial charge in [-0.25, -0.2) is 9.37 Å². The third-order valence-electron chi connectivity index (χ3n) is 8.25. The molecule has 0 amide bonds. The molecule has 11 heteroatoms. The van der Waals surface area contributed by atoms with Crippen LogP contribution in [0.5, 0.6) is 5.75 Å². The average molecular weight is 643 g/mol. The zero-order chi connectivity index (χ0) is 30.0. The minimum atomic E-state index is -1.39. The van der Waals surface area contributed by atoms with Gasteiger partial charge in [0.1, 0.15) is 17.4 Å². The summed E-state index contributed by atoms with van der Waals surface area (Å²) in [4.78, 5) is 16.6. The Morgan fingerprint density at radius 2 is 1.76 bits per heavy atom. The van der Waals surface area contributed by atoms with Crippen molar-refractivity contribution >= 4 is 44.8 Å². The number of aryl methyl sites for hydroxylation is 1. The Morgan fingerprint density at radius 3 is 2.43 bits per heavy atom. The number of ether oxygens (including phenoxy) is 1. The van der Waals surface area contributed by atoms with Crippen LogP contribution in [0.25, 0.3) is 0 Å². The molecule has 226 valence electrons. The number of hydrogen-bond acceptors (Lipinski definition) is 9. The minimum absolute atomic E-state index is 0.158. The summed E-state index contributed by atoms with van der Waals surface area (Å²) in [6, 6.07) is 9.44. The molecule has 42 heavy (non-hydrogen) atoms. The Kier molecular flexibility index (Phi) is 9.22. The van der Waals surface area contributed by atoms with E-state index in [4.69, 9.17) is 4.74 Å². The summed E-state index contributed by atoms with van der Waals surface area (Å²) in [7, 11) is 3.87. The average Bonchev–Trinajstić information content (AvgIpc) is 2.95. The van der Waals surface area contributed by atoms with Gasteiger partial charge in [0.2, 0.25) is 5.95 Å². The number of rotatable bonds is 8. The second-order valence-electron chi connectivity index (χ2n) is 11.8. The first-order valence-corrected chi connectivity index (χ1v) is 15.3. The second-order valence-corrected chi connectivity index (χ2v) is 12.6. The minimum Gasteiger partial charge on any atom is -0.494 e. The number of halogens is 2. The number of hydrogen-bond donors (Lipinski definition) is 3. The van der Waals surface area contributed by atoms with Crippen molar-refractivity contribution < 1.29 is 14.2 Å². The molecule has 0 saturated carbocycles. The first-order valence-electron chi connectivity index (χ1n) is 14.5. The molecule has 2 saturated heterocycles. The van der Waals surface area contributed by atoms with Gasteiger partial charge in [-0.15, -0.1) is 0 Å². The highest BCUT2D eigenvalue weighted by molar-refractivity contribution is 9.10. The number of nitrogens with zero attached hydrogens (tertiary/aromatic N) is 5. The van der Waals surface area contributed by atoms with E-state index in [2.05, 4.69) is 77.3 Å². The maximum absolute atomic E-state index is 14.6. The predicted octanol–water partition coefficient (Wildman–Crippen LogP) is 5.63. The molecule has 0 atom stereocenters. The smallest absolute Gasteiger partial charge is 0.229 e. The molecular formula is C31H41BrFN7O2. The number of methoxy groups -OCH3 is 1. The lowest BCUT2D eigenvalue weighted by Crippen LogP contribution is -2.52. The number of benzene rings is 2. The summed E-state index contributed by atoms with van der Waals surface area (Å²) in [6.07, 6.45) is 3.95. The van der Waals surface area contributed by atoms with Crippen LogP contribution in [-0.4, -0.2) is 84.3 Å². The van der Waals surface area contributed by atoms with Crippen molar-refractivity contribution in [3.05, 3.63) is 57.9 Å². The van der Waals surface area contributed by atoms with Crippen molar-refractivity contribution in [1.29, 1.82) is 0 Å². The second kappa shape index (κ2) is 12.7. The normalized spacial score (nSPS) is 17.4. The molecule has 0 unspecified atom stereocenters. The van der Waals surface area contributed by atoms with Gasteiger partial charge < -0.3 is 30.3 Å². The molecule has 0 spiro atoms. The van der Waals surface area contributed by atoms with E-state index in [0.29, 0.717) is 33.7 Å². The summed E-state index contributed by atoms with van der Waals surface area (Å²) in [5.74, 6) is 0.978. The fraction of sp³-hybridized carbons (Fsp3) is 0.484. The van der Waals surface area contributed by atoms with Crippen LogP contribution in [0.4, 0.5) is 33.2 Å². The predicted molar refractivity (Wildman–Crippen MR) is 170 cm³/mol. The Hall–Kier alpha value is -2.99. The van der Waals surface area contributed by atoms with E-state index in [1.54, 1.807) is 39.3 Å². The lowest BCUT2D eigenvalue weighted by atomic mass is 9.96. The molecule has 2 fully saturated rings. The zero-order valence-electron chi connectivity index (χ0n) is 25.0. The number of piperazine rings is 1. The SMILES string of the molecule is COc1cc(N2CCC(N3CCN(C)CC3)CC2)c(C)cc1Nc1ncc(Br)c(Nc2cccc(F)c2C(C)(C)O)n1. The molecule has 9 nitrogen and oxygen atoms in total. The first kappa shape index (κ1) is 30.5. The molecule has 5 rings (SSSR count). The standard InChI is InChI=1S/C31H41BrFN7O2/c1-20-17-25(27(42-5)18-26(20)40-11-9-21(10-12-40)39-15-13-38(4)14-16-39)36-30-34-19-22(32)29(37-30)35-24-8-6-7-23(33)28(24)31(2,3)41/h6-8,17-19,21,41H,9-16H2,1-5H3,(H2,34,35,36,37). The van der Waals surface area contributed by atoms with E-state index in [0.717, 1.165) is 63.4 Å². The van der Waals surface area contributed by atoms with Crippen LogP contribution < -0.4 is 20.3 Å². The fourth-order valence-electron chi connectivity index (χ4n) is 5.96.